The molecule has 1 rings (SSSR count). The minimum Gasteiger partial charge on any atom is -0.395 e. The zero-order valence-electron chi connectivity index (χ0n) is 13.1. The minimum absolute atomic E-state index is 0.0259. The van der Waals surface area contributed by atoms with Crippen molar-refractivity contribution in [2.45, 2.75) is 39.2 Å². The van der Waals surface area contributed by atoms with E-state index in [2.05, 4.69) is 17.2 Å². The van der Waals surface area contributed by atoms with Gasteiger partial charge in [-0.3, -0.25) is 4.79 Å². The average Bonchev–Trinajstić information content (AvgIpc) is 2.49. The second-order valence-corrected chi connectivity index (χ2v) is 5.07. The Labute approximate surface area is 126 Å². The van der Waals surface area contributed by atoms with E-state index in [0.29, 0.717) is 18.5 Å². The Kier molecular flexibility index (Phi) is 6.41. The summed E-state index contributed by atoms with van der Waals surface area (Å²) in [5, 5.41) is 11.7. The fraction of sp³-hybridized carbons (Fsp3) is 0.471. The lowest BCUT2D eigenvalue weighted by Crippen LogP contribution is -2.41. The standard InChI is InChI=1S/C17H23NO3/c1-5-17(3,21-4)16(20)18-15-10-9-13(2)12-14(15)8-6-7-11-19/h9-10,12,19H,5,7,11H2,1-4H3,(H,18,20). The fourth-order valence-electron chi connectivity index (χ4n) is 1.74. The van der Waals surface area contributed by atoms with Crippen molar-refractivity contribution in [1.29, 1.82) is 0 Å². The maximum absolute atomic E-state index is 12.3. The minimum atomic E-state index is -0.860. The lowest BCUT2D eigenvalue weighted by molar-refractivity contribution is -0.136. The van der Waals surface area contributed by atoms with Gasteiger partial charge in [0, 0.05) is 19.1 Å². The second kappa shape index (κ2) is 7.82. The van der Waals surface area contributed by atoms with E-state index >= 15 is 0 Å². The summed E-state index contributed by atoms with van der Waals surface area (Å²) in [5.74, 6) is 5.67. The number of carbonyl (C=O) groups is 1. The quantitative estimate of drug-likeness (QED) is 0.819. The van der Waals surface area contributed by atoms with Gasteiger partial charge in [-0.25, -0.2) is 0 Å². The maximum Gasteiger partial charge on any atom is 0.256 e. The van der Waals surface area contributed by atoms with Gasteiger partial charge >= 0.3 is 0 Å². The van der Waals surface area contributed by atoms with Gasteiger partial charge in [0.25, 0.3) is 5.91 Å². The van der Waals surface area contributed by atoms with E-state index in [4.69, 9.17) is 9.84 Å². The van der Waals surface area contributed by atoms with E-state index in [1.165, 1.54) is 7.11 Å². The first-order chi connectivity index (χ1) is 9.96. The van der Waals surface area contributed by atoms with E-state index in [1.54, 1.807) is 6.92 Å². The monoisotopic (exact) mass is 289 g/mol. The van der Waals surface area contributed by atoms with Crippen molar-refractivity contribution in [2.24, 2.45) is 0 Å². The molecule has 0 aromatic heterocycles. The fourth-order valence-corrected chi connectivity index (χ4v) is 1.74. The number of aliphatic hydroxyl groups is 1. The largest absolute Gasteiger partial charge is 0.395 e. The molecule has 0 aliphatic rings. The Bertz CT molecular complexity index is 551. The third-order valence-electron chi connectivity index (χ3n) is 3.49. The number of aliphatic hydroxyl groups excluding tert-OH is 1. The Morgan fingerprint density at radius 1 is 1.48 bits per heavy atom. The lowest BCUT2D eigenvalue weighted by atomic mass is 10.0. The van der Waals surface area contributed by atoms with Crippen LogP contribution >= 0.6 is 0 Å². The first kappa shape index (κ1) is 17.2. The number of benzene rings is 1. The van der Waals surface area contributed by atoms with E-state index in [-0.39, 0.29) is 12.5 Å². The molecule has 0 spiro atoms. The van der Waals surface area contributed by atoms with Gasteiger partial charge in [-0.2, -0.15) is 0 Å². The van der Waals surface area contributed by atoms with Crippen LogP contribution < -0.4 is 5.32 Å². The van der Waals surface area contributed by atoms with Crippen molar-refractivity contribution in [2.75, 3.05) is 19.0 Å². The van der Waals surface area contributed by atoms with Crippen LogP contribution in [0.5, 0.6) is 0 Å². The summed E-state index contributed by atoms with van der Waals surface area (Å²) in [6.45, 7) is 5.65. The first-order valence-electron chi connectivity index (χ1n) is 7.03. The van der Waals surface area contributed by atoms with Gasteiger partial charge in [0.1, 0.15) is 5.60 Å². The number of ether oxygens (including phenoxy) is 1. The molecule has 1 aromatic rings. The second-order valence-electron chi connectivity index (χ2n) is 5.07. The van der Waals surface area contributed by atoms with Crippen molar-refractivity contribution in [3.63, 3.8) is 0 Å². The van der Waals surface area contributed by atoms with Crippen LogP contribution in [-0.2, 0) is 9.53 Å². The number of carbonyl (C=O) groups excluding carboxylic acids is 1. The van der Waals surface area contributed by atoms with Gasteiger partial charge in [0.15, 0.2) is 0 Å². The van der Waals surface area contributed by atoms with E-state index in [0.717, 1.165) is 11.1 Å². The van der Waals surface area contributed by atoms with Crippen LogP contribution in [0.25, 0.3) is 0 Å². The van der Waals surface area contributed by atoms with E-state index in [9.17, 15) is 4.79 Å². The summed E-state index contributed by atoms with van der Waals surface area (Å²) < 4.78 is 5.30. The van der Waals surface area contributed by atoms with Gasteiger partial charge in [0.2, 0.25) is 0 Å². The SMILES string of the molecule is CCC(C)(OC)C(=O)Nc1ccc(C)cc1C#CCCO. The van der Waals surface area contributed by atoms with Gasteiger partial charge in [-0.05, 0) is 38.0 Å². The molecule has 0 saturated carbocycles. The number of hydrogen-bond acceptors (Lipinski definition) is 3. The van der Waals surface area contributed by atoms with Crippen molar-refractivity contribution < 1.29 is 14.6 Å². The Morgan fingerprint density at radius 2 is 2.19 bits per heavy atom. The van der Waals surface area contributed by atoms with Crippen molar-refractivity contribution >= 4 is 11.6 Å². The van der Waals surface area contributed by atoms with Crippen LogP contribution in [-0.4, -0.2) is 30.3 Å². The molecule has 1 amide bonds. The number of anilines is 1. The summed E-state index contributed by atoms with van der Waals surface area (Å²) in [6.07, 6.45) is 0.985. The molecule has 0 heterocycles. The molecule has 21 heavy (non-hydrogen) atoms. The van der Waals surface area contributed by atoms with Gasteiger partial charge in [0.05, 0.1) is 12.3 Å². The summed E-state index contributed by atoms with van der Waals surface area (Å²) >= 11 is 0. The molecule has 0 aliphatic carbocycles. The number of amides is 1. The van der Waals surface area contributed by atoms with E-state index in [1.807, 2.05) is 32.0 Å². The molecule has 0 radical (unpaired) electrons. The summed E-state index contributed by atoms with van der Waals surface area (Å²) in [7, 11) is 1.53. The zero-order chi connectivity index (χ0) is 15.9. The lowest BCUT2D eigenvalue weighted by Gasteiger charge is -2.25. The predicted octanol–water partition coefficient (Wildman–Crippen LogP) is 2.48. The molecule has 4 heteroatoms. The highest BCUT2D eigenvalue weighted by Crippen LogP contribution is 2.21. The van der Waals surface area contributed by atoms with Crippen LogP contribution in [0.1, 0.15) is 37.8 Å². The Morgan fingerprint density at radius 3 is 2.76 bits per heavy atom. The third-order valence-corrected chi connectivity index (χ3v) is 3.49. The topological polar surface area (TPSA) is 58.6 Å². The smallest absolute Gasteiger partial charge is 0.256 e. The third kappa shape index (κ3) is 4.59. The van der Waals surface area contributed by atoms with Crippen molar-refractivity contribution in [1.82, 2.24) is 0 Å². The van der Waals surface area contributed by atoms with Gasteiger partial charge in [-0.1, -0.05) is 24.8 Å². The summed E-state index contributed by atoms with van der Waals surface area (Å²) in [5.41, 5.74) is 1.60. The summed E-state index contributed by atoms with van der Waals surface area (Å²) in [6, 6.07) is 5.67. The van der Waals surface area contributed by atoms with Gasteiger partial charge in [-0.15, -0.1) is 0 Å². The average molecular weight is 289 g/mol. The van der Waals surface area contributed by atoms with Crippen molar-refractivity contribution in [3.05, 3.63) is 29.3 Å². The van der Waals surface area contributed by atoms with Crippen molar-refractivity contribution in [3.8, 4) is 11.8 Å². The predicted molar refractivity (Wildman–Crippen MR) is 84.1 cm³/mol. The highest BCUT2D eigenvalue weighted by Gasteiger charge is 2.31. The van der Waals surface area contributed by atoms with Crippen LogP contribution in [0.3, 0.4) is 0 Å². The molecule has 0 bridgehead atoms. The number of nitrogens with one attached hydrogen (secondary N) is 1. The van der Waals surface area contributed by atoms with Crippen LogP contribution in [0.4, 0.5) is 5.69 Å². The molecule has 1 atom stereocenters. The molecule has 0 fully saturated rings. The molecular weight excluding hydrogens is 266 g/mol. The van der Waals surface area contributed by atoms with Crippen LogP contribution in [0.15, 0.2) is 18.2 Å². The van der Waals surface area contributed by atoms with E-state index < -0.39 is 5.60 Å². The molecule has 0 aliphatic heterocycles. The first-order valence-corrected chi connectivity index (χ1v) is 7.03. The molecule has 4 nitrogen and oxygen atoms in total. The molecule has 0 saturated heterocycles. The molecule has 114 valence electrons. The number of hydrogen-bond donors (Lipinski definition) is 2. The highest BCUT2D eigenvalue weighted by molar-refractivity contribution is 5.98. The van der Waals surface area contributed by atoms with Gasteiger partial charge < -0.3 is 15.2 Å². The maximum atomic E-state index is 12.3. The van der Waals surface area contributed by atoms with Crippen LogP contribution in [0.2, 0.25) is 0 Å². The number of aryl methyl sites for hydroxylation is 1. The molecular formula is C17H23NO3. The molecule has 1 aromatic carbocycles. The highest BCUT2D eigenvalue weighted by atomic mass is 16.5. The number of rotatable bonds is 5. The Hall–Kier alpha value is -1.83. The van der Waals surface area contributed by atoms with Crippen LogP contribution in [0, 0.1) is 18.8 Å². The number of methoxy groups -OCH3 is 1. The normalized spacial score (nSPS) is 13.0. The zero-order valence-corrected chi connectivity index (χ0v) is 13.1. The Balaban J connectivity index is 3.03. The molecule has 2 N–H and O–H groups in total. The molecule has 1 unspecified atom stereocenters. The summed E-state index contributed by atoms with van der Waals surface area (Å²) in [4.78, 5) is 12.3.